The number of hydrogen-bond acceptors (Lipinski definition) is 3. The maximum Gasteiger partial charge on any atom is 0.243 e. The van der Waals surface area contributed by atoms with Crippen molar-refractivity contribution in [3.8, 4) is 0 Å². The van der Waals surface area contributed by atoms with E-state index in [2.05, 4.69) is 0 Å². The molecule has 0 spiro atoms. The minimum absolute atomic E-state index is 0.0816. The molecule has 1 fully saturated rings. The molecule has 1 aliphatic rings. The van der Waals surface area contributed by atoms with Gasteiger partial charge in [0.15, 0.2) is 0 Å². The second-order valence-corrected chi connectivity index (χ2v) is 6.85. The fraction of sp³-hybridized carbons (Fsp3) is 0.500. The number of anilines is 1. The monoisotopic (exact) mass is 272 g/mol. The van der Waals surface area contributed by atoms with E-state index in [-0.39, 0.29) is 10.6 Å². The lowest BCUT2D eigenvalue weighted by atomic mass is 9.86. The van der Waals surface area contributed by atoms with Gasteiger partial charge in [-0.25, -0.2) is 17.1 Å². The molecule has 100 valence electrons. The van der Waals surface area contributed by atoms with Crippen molar-refractivity contribution in [2.24, 2.45) is 5.92 Å². The maximum absolute atomic E-state index is 13.2. The van der Waals surface area contributed by atoms with E-state index in [1.807, 2.05) is 0 Å². The van der Waals surface area contributed by atoms with Gasteiger partial charge < -0.3 is 5.73 Å². The van der Waals surface area contributed by atoms with Crippen molar-refractivity contribution >= 4 is 15.7 Å². The second-order valence-electron chi connectivity index (χ2n) is 4.80. The van der Waals surface area contributed by atoms with Crippen molar-refractivity contribution in [3.63, 3.8) is 0 Å². The second kappa shape index (κ2) is 4.85. The van der Waals surface area contributed by atoms with Crippen LogP contribution in [0.25, 0.3) is 0 Å². The van der Waals surface area contributed by atoms with E-state index in [0.29, 0.717) is 12.5 Å². The summed E-state index contributed by atoms with van der Waals surface area (Å²) in [7, 11) is -2.12. The Kier molecular flexibility index (Phi) is 3.59. The van der Waals surface area contributed by atoms with Gasteiger partial charge >= 0.3 is 0 Å². The summed E-state index contributed by atoms with van der Waals surface area (Å²) in [6, 6.07) is 3.39. The zero-order valence-corrected chi connectivity index (χ0v) is 11.1. The third kappa shape index (κ3) is 2.64. The van der Waals surface area contributed by atoms with E-state index in [1.54, 1.807) is 0 Å². The summed E-state index contributed by atoms with van der Waals surface area (Å²) in [6.45, 7) is 0.485. The van der Waals surface area contributed by atoms with E-state index in [1.165, 1.54) is 17.4 Å². The lowest BCUT2D eigenvalue weighted by molar-refractivity contribution is 0.263. The molecule has 0 aliphatic heterocycles. The molecule has 0 heterocycles. The van der Waals surface area contributed by atoms with Crippen LogP contribution in [-0.4, -0.2) is 26.3 Å². The molecule has 18 heavy (non-hydrogen) atoms. The van der Waals surface area contributed by atoms with Gasteiger partial charge in [-0.1, -0.05) is 6.42 Å². The Morgan fingerprint density at radius 2 is 2.06 bits per heavy atom. The number of nitrogens with zero attached hydrogens (tertiary/aromatic N) is 1. The van der Waals surface area contributed by atoms with Crippen LogP contribution in [0.5, 0.6) is 0 Å². The van der Waals surface area contributed by atoms with Gasteiger partial charge in [0.25, 0.3) is 0 Å². The Hall–Kier alpha value is -1.14. The summed E-state index contributed by atoms with van der Waals surface area (Å²) in [5, 5.41) is 0. The predicted molar refractivity (Wildman–Crippen MR) is 68.0 cm³/mol. The van der Waals surface area contributed by atoms with E-state index >= 15 is 0 Å². The molecule has 2 rings (SSSR count). The van der Waals surface area contributed by atoms with Crippen molar-refractivity contribution in [1.29, 1.82) is 0 Å². The molecule has 1 saturated carbocycles. The van der Waals surface area contributed by atoms with E-state index in [9.17, 15) is 12.8 Å². The molecule has 0 unspecified atom stereocenters. The number of halogens is 1. The normalized spacial score (nSPS) is 16.8. The fourth-order valence-corrected chi connectivity index (χ4v) is 3.36. The molecule has 2 N–H and O–H groups in total. The van der Waals surface area contributed by atoms with Crippen LogP contribution >= 0.6 is 0 Å². The van der Waals surface area contributed by atoms with Gasteiger partial charge in [0.2, 0.25) is 10.0 Å². The van der Waals surface area contributed by atoms with Crippen molar-refractivity contribution in [3.05, 3.63) is 24.0 Å². The molecule has 4 nitrogen and oxygen atoms in total. The van der Waals surface area contributed by atoms with Gasteiger partial charge in [-0.15, -0.1) is 0 Å². The van der Waals surface area contributed by atoms with E-state index in [0.717, 1.165) is 31.4 Å². The van der Waals surface area contributed by atoms with Crippen LogP contribution in [0.1, 0.15) is 19.3 Å². The highest BCUT2D eigenvalue weighted by molar-refractivity contribution is 7.89. The minimum Gasteiger partial charge on any atom is -0.399 e. The first-order valence-electron chi connectivity index (χ1n) is 5.92. The van der Waals surface area contributed by atoms with Gasteiger partial charge in [0.05, 0.1) is 4.90 Å². The Bertz CT molecular complexity index is 521. The zero-order chi connectivity index (χ0) is 13.3. The molecule has 0 saturated heterocycles. The van der Waals surface area contributed by atoms with Gasteiger partial charge in [-0.3, -0.25) is 0 Å². The summed E-state index contributed by atoms with van der Waals surface area (Å²) >= 11 is 0. The zero-order valence-electron chi connectivity index (χ0n) is 10.3. The van der Waals surface area contributed by atoms with Gasteiger partial charge in [0, 0.05) is 19.3 Å². The lowest BCUT2D eigenvalue weighted by Gasteiger charge is -2.29. The fourth-order valence-electron chi connectivity index (χ4n) is 2.05. The molecule has 6 heteroatoms. The summed E-state index contributed by atoms with van der Waals surface area (Å²) in [6.07, 6.45) is 3.28. The number of benzene rings is 1. The third-order valence-corrected chi connectivity index (χ3v) is 5.14. The molecule has 1 aromatic carbocycles. The SMILES string of the molecule is CN(CC1CCC1)S(=O)(=O)c1cc(N)cc(F)c1. The molecular weight excluding hydrogens is 255 g/mol. The standard InChI is InChI=1S/C12H17FN2O2S/c1-15(8-9-3-2-4-9)18(16,17)12-6-10(13)5-11(14)7-12/h5-7,9H,2-4,8,14H2,1H3. The number of rotatable bonds is 4. The highest BCUT2D eigenvalue weighted by atomic mass is 32.2. The number of sulfonamides is 1. The summed E-state index contributed by atoms with van der Waals surface area (Å²) in [5.74, 6) is -0.207. The highest BCUT2D eigenvalue weighted by Gasteiger charge is 2.27. The molecule has 0 amide bonds. The number of hydrogen-bond donors (Lipinski definition) is 1. The molecule has 0 radical (unpaired) electrons. The lowest BCUT2D eigenvalue weighted by Crippen LogP contribution is -2.34. The van der Waals surface area contributed by atoms with Crippen molar-refractivity contribution in [2.45, 2.75) is 24.2 Å². The Balaban J connectivity index is 2.23. The van der Waals surface area contributed by atoms with E-state index < -0.39 is 15.8 Å². The van der Waals surface area contributed by atoms with Crippen molar-refractivity contribution in [2.75, 3.05) is 19.3 Å². The first-order valence-corrected chi connectivity index (χ1v) is 7.36. The predicted octanol–water partition coefficient (Wildman–Crippen LogP) is 1.83. The Morgan fingerprint density at radius 1 is 1.39 bits per heavy atom. The third-order valence-electron chi connectivity index (χ3n) is 3.34. The van der Waals surface area contributed by atoms with Crippen LogP contribution in [0.3, 0.4) is 0 Å². The van der Waals surface area contributed by atoms with Crippen LogP contribution in [0.2, 0.25) is 0 Å². The molecule has 0 bridgehead atoms. The maximum atomic E-state index is 13.2. The van der Waals surface area contributed by atoms with Gasteiger partial charge in [0.1, 0.15) is 5.82 Å². The van der Waals surface area contributed by atoms with E-state index in [4.69, 9.17) is 5.73 Å². The van der Waals surface area contributed by atoms with Crippen LogP contribution in [0.4, 0.5) is 10.1 Å². The summed E-state index contributed by atoms with van der Waals surface area (Å²) in [5.41, 5.74) is 5.59. The summed E-state index contributed by atoms with van der Waals surface area (Å²) in [4.78, 5) is -0.0816. The van der Waals surface area contributed by atoms with Crippen LogP contribution in [0.15, 0.2) is 23.1 Å². The number of nitrogens with two attached hydrogens (primary N) is 1. The first-order chi connectivity index (χ1) is 8.39. The molecule has 1 aromatic rings. The van der Waals surface area contributed by atoms with Crippen molar-refractivity contribution < 1.29 is 12.8 Å². The summed E-state index contributed by atoms with van der Waals surface area (Å²) < 4.78 is 38.9. The van der Waals surface area contributed by atoms with Gasteiger partial charge in [-0.05, 0) is 37.0 Å². The van der Waals surface area contributed by atoms with Crippen molar-refractivity contribution in [1.82, 2.24) is 4.31 Å². The quantitative estimate of drug-likeness (QED) is 0.850. The highest BCUT2D eigenvalue weighted by Crippen LogP contribution is 2.28. The average molecular weight is 272 g/mol. The first kappa shape index (κ1) is 13.3. The minimum atomic E-state index is -3.64. The Labute approximate surface area is 107 Å². The van der Waals surface area contributed by atoms with Crippen LogP contribution in [-0.2, 0) is 10.0 Å². The molecule has 0 atom stereocenters. The molecule has 1 aliphatic carbocycles. The largest absolute Gasteiger partial charge is 0.399 e. The average Bonchev–Trinajstić information content (AvgIpc) is 2.21. The Morgan fingerprint density at radius 3 is 2.56 bits per heavy atom. The number of nitrogen functional groups attached to an aromatic ring is 1. The molecule has 0 aromatic heterocycles. The smallest absolute Gasteiger partial charge is 0.243 e. The topological polar surface area (TPSA) is 63.4 Å². The van der Waals surface area contributed by atoms with Crippen LogP contribution in [0, 0.1) is 11.7 Å². The van der Waals surface area contributed by atoms with Crippen LogP contribution < -0.4 is 5.73 Å². The molecular formula is C12H17FN2O2S. The van der Waals surface area contributed by atoms with Gasteiger partial charge in [-0.2, -0.15) is 0 Å².